The van der Waals surface area contributed by atoms with Gasteiger partial charge in [-0.25, -0.2) is 0 Å². The van der Waals surface area contributed by atoms with Crippen LogP contribution in [0.3, 0.4) is 0 Å². The van der Waals surface area contributed by atoms with Crippen LogP contribution in [0.1, 0.15) is 72.1 Å². The average Bonchev–Trinajstić information content (AvgIpc) is 3.21. The first-order valence-corrected chi connectivity index (χ1v) is 9.95. The number of carbonyl (C=O) groups excluding carboxylic acids is 1. The highest BCUT2D eigenvalue weighted by Gasteiger charge is 2.80. The molecule has 0 aromatic carbocycles. The van der Waals surface area contributed by atoms with E-state index in [1.54, 1.807) is 0 Å². The molecular formula is C21H30O3. The van der Waals surface area contributed by atoms with E-state index in [0.717, 1.165) is 44.9 Å². The van der Waals surface area contributed by atoms with Gasteiger partial charge in [0.2, 0.25) is 0 Å². The molecule has 132 valence electrons. The zero-order chi connectivity index (χ0) is 17.0. The number of ether oxygens (including phenoxy) is 1. The molecule has 0 aromatic rings. The normalized spacial score (nSPS) is 58.2. The van der Waals surface area contributed by atoms with Gasteiger partial charge in [0.25, 0.3) is 0 Å². The third-order valence-electron chi connectivity index (χ3n) is 9.24. The summed E-state index contributed by atoms with van der Waals surface area (Å²) in [6.45, 7) is 6.83. The molecule has 0 bridgehead atoms. The summed E-state index contributed by atoms with van der Waals surface area (Å²) in [5, 5.41) is 11.3. The minimum atomic E-state index is -0.519. The molecule has 4 aliphatic carbocycles. The van der Waals surface area contributed by atoms with Crippen LogP contribution >= 0.6 is 0 Å². The molecule has 3 nitrogen and oxygen atoms in total. The molecule has 1 saturated heterocycles. The van der Waals surface area contributed by atoms with Crippen molar-refractivity contribution in [2.24, 2.45) is 22.7 Å². The smallest absolute Gasteiger partial charge is 0.155 e. The maximum absolute atomic E-state index is 11.9. The van der Waals surface area contributed by atoms with E-state index in [9.17, 15) is 9.90 Å². The topological polar surface area (TPSA) is 49.8 Å². The first-order chi connectivity index (χ1) is 11.3. The molecule has 3 heteroatoms. The molecule has 1 aliphatic heterocycles. The fraction of sp³-hybridized carbons (Fsp3) is 0.857. The van der Waals surface area contributed by atoms with Crippen LogP contribution < -0.4 is 0 Å². The molecule has 5 rings (SSSR count). The summed E-state index contributed by atoms with van der Waals surface area (Å²) in [7, 11) is 0. The Morgan fingerprint density at radius 1 is 1.21 bits per heavy atom. The lowest BCUT2D eigenvalue weighted by molar-refractivity contribution is -0.120. The van der Waals surface area contributed by atoms with E-state index in [4.69, 9.17) is 4.74 Å². The molecule has 7 atom stereocenters. The van der Waals surface area contributed by atoms with Crippen molar-refractivity contribution >= 4 is 5.78 Å². The Labute approximate surface area is 144 Å². The number of carbonyl (C=O) groups is 1. The highest BCUT2D eigenvalue weighted by Crippen LogP contribution is 2.76. The molecule has 0 amide bonds. The Hall–Kier alpha value is -0.670. The third-order valence-corrected chi connectivity index (χ3v) is 9.24. The summed E-state index contributed by atoms with van der Waals surface area (Å²) in [5.74, 6) is 1.42. The molecule has 1 N–H and O–H groups in total. The highest BCUT2D eigenvalue weighted by atomic mass is 16.6. The lowest BCUT2D eigenvalue weighted by Gasteiger charge is -2.56. The number of ketones is 1. The van der Waals surface area contributed by atoms with Gasteiger partial charge in [0.05, 0.1) is 11.7 Å². The number of fused-ring (bicyclic) bond motifs is 3. The molecule has 3 saturated carbocycles. The second-order valence-electron chi connectivity index (χ2n) is 9.66. The summed E-state index contributed by atoms with van der Waals surface area (Å²) < 4.78 is 6.55. The fourth-order valence-corrected chi connectivity index (χ4v) is 7.69. The van der Waals surface area contributed by atoms with Crippen LogP contribution in [0.5, 0.6) is 0 Å². The van der Waals surface area contributed by atoms with Gasteiger partial charge < -0.3 is 9.84 Å². The lowest BCUT2D eigenvalue weighted by Crippen LogP contribution is -2.59. The lowest BCUT2D eigenvalue weighted by atomic mass is 9.46. The number of hydrogen-bond acceptors (Lipinski definition) is 3. The van der Waals surface area contributed by atoms with Crippen LogP contribution in [-0.4, -0.2) is 28.2 Å². The highest BCUT2D eigenvalue weighted by molar-refractivity contribution is 5.91. The zero-order valence-electron chi connectivity index (χ0n) is 15.2. The summed E-state index contributed by atoms with van der Waals surface area (Å²) >= 11 is 0. The molecule has 0 aromatic heterocycles. The van der Waals surface area contributed by atoms with Crippen LogP contribution in [-0.2, 0) is 9.53 Å². The Morgan fingerprint density at radius 2 is 2.00 bits per heavy atom. The van der Waals surface area contributed by atoms with E-state index in [-0.39, 0.29) is 22.5 Å². The van der Waals surface area contributed by atoms with E-state index >= 15 is 0 Å². The monoisotopic (exact) mass is 330 g/mol. The van der Waals surface area contributed by atoms with Gasteiger partial charge >= 0.3 is 0 Å². The molecule has 24 heavy (non-hydrogen) atoms. The van der Waals surface area contributed by atoms with Gasteiger partial charge in [-0.1, -0.05) is 26.3 Å². The summed E-state index contributed by atoms with van der Waals surface area (Å²) in [6.07, 6.45) is 9.95. The quantitative estimate of drug-likeness (QED) is 0.744. The fourth-order valence-electron chi connectivity index (χ4n) is 7.69. The van der Waals surface area contributed by atoms with Crippen molar-refractivity contribution in [1.29, 1.82) is 0 Å². The Balaban J connectivity index is 1.58. The van der Waals surface area contributed by atoms with Gasteiger partial charge in [-0.3, -0.25) is 4.79 Å². The minimum Gasteiger partial charge on any atom is -0.389 e. The Bertz CT molecular complexity index is 653. The first-order valence-electron chi connectivity index (χ1n) is 9.95. The van der Waals surface area contributed by atoms with E-state index in [1.807, 2.05) is 6.08 Å². The Morgan fingerprint density at radius 3 is 2.75 bits per heavy atom. The van der Waals surface area contributed by atoms with E-state index in [0.29, 0.717) is 24.0 Å². The van der Waals surface area contributed by atoms with Crippen LogP contribution in [0.4, 0.5) is 0 Å². The predicted molar refractivity (Wildman–Crippen MR) is 91.4 cm³/mol. The van der Waals surface area contributed by atoms with Crippen molar-refractivity contribution in [3.05, 3.63) is 11.6 Å². The van der Waals surface area contributed by atoms with Gasteiger partial charge in [0, 0.05) is 17.3 Å². The van der Waals surface area contributed by atoms with Gasteiger partial charge in [-0.15, -0.1) is 0 Å². The maximum atomic E-state index is 11.9. The van der Waals surface area contributed by atoms with E-state index in [1.165, 1.54) is 5.57 Å². The molecule has 0 radical (unpaired) electrons. The Kier molecular flexibility index (Phi) is 2.82. The predicted octanol–water partition coefficient (Wildman–Crippen LogP) is 3.79. The number of epoxide rings is 1. The summed E-state index contributed by atoms with van der Waals surface area (Å²) in [4.78, 5) is 11.9. The van der Waals surface area contributed by atoms with Crippen LogP contribution in [0.25, 0.3) is 0 Å². The zero-order valence-corrected chi connectivity index (χ0v) is 15.2. The van der Waals surface area contributed by atoms with Crippen molar-refractivity contribution in [2.45, 2.75) is 89.4 Å². The summed E-state index contributed by atoms with van der Waals surface area (Å²) in [5.41, 5.74) is 0.836. The van der Waals surface area contributed by atoms with Crippen molar-refractivity contribution in [3.8, 4) is 0 Å². The van der Waals surface area contributed by atoms with Crippen molar-refractivity contribution in [2.75, 3.05) is 0 Å². The van der Waals surface area contributed by atoms with Gasteiger partial charge in [0.1, 0.15) is 5.60 Å². The van der Waals surface area contributed by atoms with Crippen molar-refractivity contribution < 1.29 is 14.6 Å². The minimum absolute atomic E-state index is 0.000846. The molecule has 0 unspecified atom stereocenters. The van der Waals surface area contributed by atoms with Crippen LogP contribution in [0.2, 0.25) is 0 Å². The van der Waals surface area contributed by atoms with Gasteiger partial charge in [-0.2, -0.15) is 0 Å². The molecule has 1 spiro atoms. The summed E-state index contributed by atoms with van der Waals surface area (Å²) in [6, 6.07) is 0. The first kappa shape index (κ1) is 15.6. The van der Waals surface area contributed by atoms with Gasteiger partial charge in [0.15, 0.2) is 5.78 Å². The molecule has 1 heterocycles. The van der Waals surface area contributed by atoms with Gasteiger partial charge in [-0.05, 0) is 62.9 Å². The van der Waals surface area contributed by atoms with E-state index < -0.39 is 5.60 Å². The second kappa shape index (κ2) is 4.35. The number of aliphatic hydroxyl groups is 1. The largest absolute Gasteiger partial charge is 0.389 e. The van der Waals surface area contributed by atoms with Crippen molar-refractivity contribution in [1.82, 2.24) is 0 Å². The number of rotatable bonds is 1. The number of hydrogen-bond donors (Lipinski definition) is 1. The van der Waals surface area contributed by atoms with Crippen molar-refractivity contribution in [3.63, 3.8) is 0 Å². The third kappa shape index (κ3) is 1.47. The maximum Gasteiger partial charge on any atom is 0.155 e. The molecule has 4 fully saturated rings. The van der Waals surface area contributed by atoms with Crippen LogP contribution in [0, 0.1) is 22.7 Å². The molecule has 5 aliphatic rings. The van der Waals surface area contributed by atoms with E-state index in [2.05, 4.69) is 20.8 Å². The standard InChI is InChI=1S/C21H30O3/c1-4-20(23)10-8-15-16-6-5-13-11-14(22)7-9-18(13,2)21(16)17(24-21)12-19(15,20)3/h11,15-17,23H,4-10,12H2,1-3H3/t15-,16-,17+,18-,19-,20+,21-/m0/s1. The SMILES string of the molecule is CC[C@@]1(O)CC[C@H]2[C@@H]3CCC4=CC(=O)CC[C@]4(C)[C@]34O[C@@H]4C[C@@]21C. The average molecular weight is 330 g/mol. The second-order valence-corrected chi connectivity index (χ2v) is 9.66. The molecular weight excluding hydrogens is 300 g/mol. The van der Waals surface area contributed by atoms with Crippen LogP contribution in [0.15, 0.2) is 11.6 Å².